The molecule has 26 heavy (non-hydrogen) atoms. The molecular weight excluding hydrogens is 350 g/mol. The molecule has 0 aliphatic heterocycles. The second-order valence-electron chi connectivity index (χ2n) is 5.49. The molecule has 0 aliphatic rings. The monoisotopic (exact) mass is 367 g/mol. The van der Waals surface area contributed by atoms with Crippen LogP contribution in [0.1, 0.15) is 17.3 Å². The molecule has 0 radical (unpaired) electrons. The number of anilines is 3. The summed E-state index contributed by atoms with van der Waals surface area (Å²) in [5.41, 5.74) is 3.76. The van der Waals surface area contributed by atoms with Gasteiger partial charge in [-0.05, 0) is 30.3 Å². The third kappa shape index (κ3) is 4.25. The van der Waals surface area contributed by atoms with Crippen LogP contribution in [-0.2, 0) is 9.53 Å². The van der Waals surface area contributed by atoms with Crippen molar-refractivity contribution in [3.63, 3.8) is 0 Å². The van der Waals surface area contributed by atoms with E-state index in [-0.39, 0.29) is 11.9 Å². The number of nitrogens with zero attached hydrogens (tertiary/aromatic N) is 1. The van der Waals surface area contributed by atoms with Crippen LogP contribution < -0.4 is 10.6 Å². The maximum Gasteiger partial charge on any atom is 0.337 e. The Kier molecular flexibility index (Phi) is 5.28. The van der Waals surface area contributed by atoms with E-state index in [2.05, 4.69) is 15.6 Å². The quantitative estimate of drug-likeness (QED) is 0.657. The van der Waals surface area contributed by atoms with Crippen molar-refractivity contribution in [2.45, 2.75) is 6.92 Å². The van der Waals surface area contributed by atoms with Gasteiger partial charge in [0.2, 0.25) is 5.91 Å². The number of benzene rings is 2. The number of methoxy groups -OCH3 is 1. The molecule has 0 spiro atoms. The minimum atomic E-state index is -0.382. The van der Waals surface area contributed by atoms with E-state index in [9.17, 15) is 9.59 Å². The lowest BCUT2D eigenvalue weighted by atomic mass is 10.1. The number of hydrogen-bond acceptors (Lipinski definition) is 6. The van der Waals surface area contributed by atoms with Gasteiger partial charge in [0.05, 0.1) is 18.4 Å². The highest BCUT2D eigenvalue weighted by Crippen LogP contribution is 2.28. The Bertz CT molecular complexity index is 935. The van der Waals surface area contributed by atoms with E-state index in [1.165, 1.54) is 25.4 Å². The number of thiazole rings is 1. The fourth-order valence-electron chi connectivity index (χ4n) is 2.36. The second-order valence-corrected chi connectivity index (χ2v) is 6.35. The Morgan fingerprint density at radius 3 is 2.54 bits per heavy atom. The molecule has 7 heteroatoms. The number of nitrogens with one attached hydrogen (secondary N) is 2. The predicted octanol–water partition coefficient (Wildman–Crippen LogP) is 4.30. The average molecular weight is 367 g/mol. The number of rotatable bonds is 5. The van der Waals surface area contributed by atoms with E-state index in [0.29, 0.717) is 10.7 Å². The van der Waals surface area contributed by atoms with Gasteiger partial charge >= 0.3 is 5.97 Å². The smallest absolute Gasteiger partial charge is 0.337 e. The summed E-state index contributed by atoms with van der Waals surface area (Å²) < 4.78 is 4.73. The molecule has 0 aliphatic carbocycles. The van der Waals surface area contributed by atoms with Gasteiger partial charge < -0.3 is 15.4 Å². The van der Waals surface area contributed by atoms with Gasteiger partial charge in [0.1, 0.15) is 0 Å². The zero-order chi connectivity index (χ0) is 18.5. The van der Waals surface area contributed by atoms with Crippen molar-refractivity contribution in [3.8, 4) is 11.3 Å². The Balaban J connectivity index is 1.74. The molecule has 0 unspecified atom stereocenters. The molecule has 0 fully saturated rings. The molecule has 6 nitrogen and oxygen atoms in total. The standard InChI is InChI=1S/C19H17N3O3S/c1-12(23)20-15-8-6-13(7-9-15)17-11-26-19(22-17)21-16-5-3-4-14(10-16)18(24)25-2/h3-11H,1-2H3,(H,20,23)(H,21,22). The summed E-state index contributed by atoms with van der Waals surface area (Å²) in [6, 6.07) is 14.5. The lowest BCUT2D eigenvalue weighted by Crippen LogP contribution is -2.05. The highest BCUT2D eigenvalue weighted by Gasteiger charge is 2.08. The zero-order valence-electron chi connectivity index (χ0n) is 14.3. The molecule has 0 saturated carbocycles. The molecule has 0 bridgehead atoms. The Morgan fingerprint density at radius 1 is 1.08 bits per heavy atom. The molecular formula is C19H17N3O3S. The number of carbonyl (C=O) groups is 2. The highest BCUT2D eigenvalue weighted by atomic mass is 32.1. The van der Waals surface area contributed by atoms with E-state index in [1.807, 2.05) is 35.7 Å². The maximum atomic E-state index is 11.6. The van der Waals surface area contributed by atoms with E-state index < -0.39 is 0 Å². The number of ether oxygens (including phenoxy) is 1. The largest absolute Gasteiger partial charge is 0.465 e. The van der Waals surface area contributed by atoms with Crippen LogP contribution in [0.25, 0.3) is 11.3 Å². The zero-order valence-corrected chi connectivity index (χ0v) is 15.1. The van der Waals surface area contributed by atoms with Crippen LogP contribution in [0.4, 0.5) is 16.5 Å². The van der Waals surface area contributed by atoms with Gasteiger partial charge in [-0.2, -0.15) is 0 Å². The number of amides is 1. The fourth-order valence-corrected chi connectivity index (χ4v) is 3.10. The predicted molar refractivity (Wildman–Crippen MR) is 103 cm³/mol. The van der Waals surface area contributed by atoms with Gasteiger partial charge in [0, 0.05) is 29.2 Å². The minimum absolute atomic E-state index is 0.105. The molecule has 3 aromatic rings. The number of carbonyl (C=O) groups excluding carboxylic acids is 2. The van der Waals surface area contributed by atoms with Crippen molar-refractivity contribution in [2.24, 2.45) is 0 Å². The molecule has 2 aromatic carbocycles. The normalized spacial score (nSPS) is 10.2. The van der Waals surface area contributed by atoms with E-state index in [1.54, 1.807) is 18.2 Å². The van der Waals surface area contributed by atoms with Crippen LogP contribution in [0.5, 0.6) is 0 Å². The first-order valence-corrected chi connectivity index (χ1v) is 8.72. The van der Waals surface area contributed by atoms with Gasteiger partial charge in [-0.3, -0.25) is 4.79 Å². The number of aromatic nitrogens is 1. The molecule has 132 valence electrons. The van der Waals surface area contributed by atoms with Crippen LogP contribution in [0.15, 0.2) is 53.9 Å². The molecule has 2 N–H and O–H groups in total. The van der Waals surface area contributed by atoms with Crippen molar-refractivity contribution in [1.29, 1.82) is 0 Å². The molecule has 0 atom stereocenters. The van der Waals surface area contributed by atoms with Crippen molar-refractivity contribution in [2.75, 3.05) is 17.7 Å². The van der Waals surface area contributed by atoms with Crippen LogP contribution in [-0.4, -0.2) is 24.0 Å². The first-order chi connectivity index (χ1) is 12.5. The van der Waals surface area contributed by atoms with Gasteiger partial charge in [-0.25, -0.2) is 9.78 Å². The maximum absolute atomic E-state index is 11.6. The van der Waals surface area contributed by atoms with Gasteiger partial charge in [-0.1, -0.05) is 18.2 Å². The summed E-state index contributed by atoms with van der Waals surface area (Å²) in [4.78, 5) is 27.2. The molecule has 1 aromatic heterocycles. The Morgan fingerprint density at radius 2 is 1.85 bits per heavy atom. The molecule has 1 amide bonds. The lowest BCUT2D eigenvalue weighted by Gasteiger charge is -2.05. The lowest BCUT2D eigenvalue weighted by molar-refractivity contribution is -0.114. The third-order valence-corrected chi connectivity index (χ3v) is 4.30. The first kappa shape index (κ1) is 17.6. The Labute approximate surface area is 154 Å². The topological polar surface area (TPSA) is 80.3 Å². The van der Waals surface area contributed by atoms with E-state index in [4.69, 9.17) is 4.74 Å². The molecule has 1 heterocycles. The summed E-state index contributed by atoms with van der Waals surface area (Å²) in [5, 5.41) is 8.59. The van der Waals surface area contributed by atoms with Gasteiger partial charge in [-0.15, -0.1) is 11.3 Å². The summed E-state index contributed by atoms with van der Waals surface area (Å²) in [6.45, 7) is 1.47. The summed E-state index contributed by atoms with van der Waals surface area (Å²) >= 11 is 1.47. The second kappa shape index (κ2) is 7.79. The fraction of sp³-hybridized carbons (Fsp3) is 0.105. The molecule has 0 saturated heterocycles. The average Bonchev–Trinajstić information content (AvgIpc) is 3.10. The third-order valence-electron chi connectivity index (χ3n) is 3.54. The van der Waals surface area contributed by atoms with Crippen molar-refractivity contribution in [1.82, 2.24) is 4.98 Å². The highest BCUT2D eigenvalue weighted by molar-refractivity contribution is 7.14. The Hall–Kier alpha value is -3.19. The van der Waals surface area contributed by atoms with Gasteiger partial charge in [0.15, 0.2) is 5.13 Å². The van der Waals surface area contributed by atoms with Crippen molar-refractivity contribution in [3.05, 3.63) is 59.5 Å². The molecule has 3 rings (SSSR count). The van der Waals surface area contributed by atoms with Crippen LogP contribution in [0.3, 0.4) is 0 Å². The van der Waals surface area contributed by atoms with Crippen molar-refractivity contribution < 1.29 is 14.3 Å². The van der Waals surface area contributed by atoms with Crippen LogP contribution in [0.2, 0.25) is 0 Å². The van der Waals surface area contributed by atoms with Crippen LogP contribution >= 0.6 is 11.3 Å². The number of hydrogen-bond donors (Lipinski definition) is 2. The summed E-state index contributed by atoms with van der Waals surface area (Å²) in [5.74, 6) is -0.486. The van der Waals surface area contributed by atoms with Crippen LogP contribution in [0, 0.1) is 0 Å². The SMILES string of the molecule is COC(=O)c1cccc(Nc2nc(-c3ccc(NC(C)=O)cc3)cs2)c1. The minimum Gasteiger partial charge on any atom is -0.465 e. The van der Waals surface area contributed by atoms with E-state index in [0.717, 1.165) is 22.6 Å². The van der Waals surface area contributed by atoms with E-state index >= 15 is 0 Å². The van der Waals surface area contributed by atoms with Gasteiger partial charge in [0.25, 0.3) is 0 Å². The van der Waals surface area contributed by atoms with Crippen molar-refractivity contribution >= 4 is 39.7 Å². The summed E-state index contributed by atoms with van der Waals surface area (Å²) in [7, 11) is 1.35. The summed E-state index contributed by atoms with van der Waals surface area (Å²) in [6.07, 6.45) is 0. The first-order valence-electron chi connectivity index (χ1n) is 7.84. The number of esters is 1.